The first-order valence-electron chi connectivity index (χ1n) is 7.28. The van der Waals surface area contributed by atoms with Crippen molar-refractivity contribution >= 4 is 17.0 Å². The van der Waals surface area contributed by atoms with Crippen LogP contribution in [0.15, 0.2) is 18.2 Å². The number of carboxylic acids is 1. The van der Waals surface area contributed by atoms with Crippen LogP contribution in [-0.4, -0.2) is 20.6 Å². The molecule has 0 amide bonds. The van der Waals surface area contributed by atoms with Gasteiger partial charge in [0.1, 0.15) is 5.82 Å². The van der Waals surface area contributed by atoms with Gasteiger partial charge in [0.05, 0.1) is 16.6 Å². The topological polar surface area (TPSA) is 55.1 Å². The lowest BCUT2D eigenvalue weighted by molar-refractivity contribution is 0.0698. The van der Waals surface area contributed by atoms with E-state index < -0.39 is 5.97 Å². The zero-order valence-electron chi connectivity index (χ0n) is 12.0. The number of fused-ring (bicyclic) bond motifs is 1. The molecule has 4 heteroatoms. The molecule has 20 heavy (non-hydrogen) atoms. The molecule has 1 N–H and O–H groups in total. The summed E-state index contributed by atoms with van der Waals surface area (Å²) in [5.74, 6) is 0.746. The fourth-order valence-corrected chi connectivity index (χ4v) is 3.52. The molecule has 0 aliphatic heterocycles. The molecule has 1 aromatic carbocycles. The molecule has 1 aromatic heterocycles. The molecule has 1 aliphatic rings. The highest BCUT2D eigenvalue weighted by Gasteiger charge is 2.25. The van der Waals surface area contributed by atoms with Crippen LogP contribution in [-0.2, 0) is 0 Å². The predicted octanol–water partition coefficient (Wildman–Crippen LogP) is 3.79. The minimum absolute atomic E-state index is 0.362. The molecular weight excluding hydrogens is 252 g/mol. The maximum absolute atomic E-state index is 11.5. The van der Waals surface area contributed by atoms with Gasteiger partial charge in [0.15, 0.2) is 0 Å². The van der Waals surface area contributed by atoms with E-state index in [1.807, 2.05) is 13.0 Å². The lowest BCUT2D eigenvalue weighted by atomic mass is 9.86. The summed E-state index contributed by atoms with van der Waals surface area (Å²) >= 11 is 0. The van der Waals surface area contributed by atoms with Crippen molar-refractivity contribution in [2.24, 2.45) is 5.92 Å². The summed E-state index contributed by atoms with van der Waals surface area (Å²) in [6, 6.07) is 5.72. The summed E-state index contributed by atoms with van der Waals surface area (Å²) < 4.78 is 2.16. The summed E-state index contributed by atoms with van der Waals surface area (Å²) in [6.07, 6.45) is 4.71. The van der Waals surface area contributed by atoms with Gasteiger partial charge < -0.3 is 9.67 Å². The molecule has 2 unspecified atom stereocenters. The van der Waals surface area contributed by atoms with Gasteiger partial charge in [-0.2, -0.15) is 0 Å². The maximum atomic E-state index is 11.5. The molecule has 0 spiro atoms. The fourth-order valence-electron chi connectivity index (χ4n) is 3.52. The Kier molecular flexibility index (Phi) is 3.24. The number of para-hydroxylation sites is 1. The quantitative estimate of drug-likeness (QED) is 0.904. The molecule has 2 aromatic rings. The second-order valence-corrected chi connectivity index (χ2v) is 5.93. The van der Waals surface area contributed by atoms with E-state index >= 15 is 0 Å². The molecule has 106 valence electrons. The zero-order chi connectivity index (χ0) is 14.3. The van der Waals surface area contributed by atoms with E-state index in [1.54, 1.807) is 12.1 Å². The fraction of sp³-hybridized carbons (Fsp3) is 0.500. The van der Waals surface area contributed by atoms with Crippen LogP contribution in [0.1, 0.15) is 54.8 Å². The van der Waals surface area contributed by atoms with Crippen molar-refractivity contribution < 1.29 is 9.90 Å². The van der Waals surface area contributed by atoms with Crippen LogP contribution >= 0.6 is 0 Å². The van der Waals surface area contributed by atoms with Crippen molar-refractivity contribution in [2.45, 2.75) is 45.6 Å². The first-order valence-corrected chi connectivity index (χ1v) is 7.28. The normalized spacial score (nSPS) is 23.1. The molecule has 1 aliphatic carbocycles. The molecule has 1 fully saturated rings. The Balaban J connectivity index is 2.18. The smallest absolute Gasteiger partial charge is 0.337 e. The molecule has 0 bridgehead atoms. The van der Waals surface area contributed by atoms with Crippen LogP contribution in [0.5, 0.6) is 0 Å². The molecule has 1 heterocycles. The van der Waals surface area contributed by atoms with Crippen LogP contribution in [0.3, 0.4) is 0 Å². The summed E-state index contributed by atoms with van der Waals surface area (Å²) in [5, 5.41) is 9.43. The van der Waals surface area contributed by atoms with Crippen LogP contribution < -0.4 is 0 Å². The third-order valence-electron chi connectivity index (χ3n) is 4.39. The summed E-state index contributed by atoms with van der Waals surface area (Å²) in [5.41, 5.74) is 1.94. The van der Waals surface area contributed by atoms with Crippen molar-refractivity contribution in [2.75, 3.05) is 0 Å². The molecule has 2 atom stereocenters. The van der Waals surface area contributed by atoms with Crippen molar-refractivity contribution in [1.29, 1.82) is 0 Å². The second-order valence-electron chi connectivity index (χ2n) is 5.93. The number of carbonyl (C=O) groups is 1. The van der Waals surface area contributed by atoms with E-state index in [1.165, 1.54) is 12.8 Å². The lowest BCUT2D eigenvalue weighted by Gasteiger charge is -2.29. The number of hydrogen-bond donors (Lipinski definition) is 1. The van der Waals surface area contributed by atoms with Gasteiger partial charge in [-0.05, 0) is 37.8 Å². The maximum Gasteiger partial charge on any atom is 0.337 e. The summed E-state index contributed by atoms with van der Waals surface area (Å²) in [7, 11) is 0. The highest BCUT2D eigenvalue weighted by molar-refractivity contribution is 6.01. The Labute approximate surface area is 118 Å². The molecule has 0 radical (unpaired) electrons. The van der Waals surface area contributed by atoms with E-state index in [0.29, 0.717) is 17.5 Å². The van der Waals surface area contributed by atoms with Crippen LogP contribution in [0, 0.1) is 12.8 Å². The number of carboxylic acid groups (broad SMARTS) is 1. The molecule has 0 saturated heterocycles. The third kappa shape index (κ3) is 2.09. The van der Waals surface area contributed by atoms with Crippen LogP contribution in [0.4, 0.5) is 0 Å². The van der Waals surface area contributed by atoms with E-state index in [4.69, 9.17) is 0 Å². The van der Waals surface area contributed by atoms with Crippen molar-refractivity contribution in [3.05, 3.63) is 29.6 Å². The lowest BCUT2D eigenvalue weighted by Crippen LogP contribution is -2.19. The van der Waals surface area contributed by atoms with Gasteiger partial charge in [-0.1, -0.05) is 25.8 Å². The van der Waals surface area contributed by atoms with Gasteiger partial charge in [-0.3, -0.25) is 0 Å². The van der Waals surface area contributed by atoms with E-state index in [9.17, 15) is 9.90 Å². The Hall–Kier alpha value is -1.84. The Bertz CT molecular complexity index is 660. The summed E-state index contributed by atoms with van der Waals surface area (Å²) in [6.45, 7) is 4.25. The van der Waals surface area contributed by atoms with E-state index in [-0.39, 0.29) is 0 Å². The molecule has 1 saturated carbocycles. The van der Waals surface area contributed by atoms with Gasteiger partial charge in [-0.25, -0.2) is 9.78 Å². The summed E-state index contributed by atoms with van der Waals surface area (Å²) in [4.78, 5) is 16.0. The van der Waals surface area contributed by atoms with E-state index in [0.717, 1.165) is 29.7 Å². The first kappa shape index (κ1) is 13.2. The number of nitrogens with zero attached hydrogens (tertiary/aromatic N) is 2. The largest absolute Gasteiger partial charge is 0.478 e. The number of imidazole rings is 1. The second kappa shape index (κ2) is 4.93. The molecule has 3 rings (SSSR count). The average Bonchev–Trinajstić information content (AvgIpc) is 2.74. The number of rotatable bonds is 2. The average molecular weight is 272 g/mol. The standard InChI is InChI=1S/C16H20N2O2/c1-10-5-3-6-12(9-10)18-11(2)17-14-8-4-7-13(15(14)18)16(19)20/h4,7-8,10,12H,3,5-6,9H2,1-2H3,(H,19,20). The number of benzene rings is 1. The van der Waals surface area contributed by atoms with E-state index in [2.05, 4.69) is 16.5 Å². The molecular formula is C16H20N2O2. The highest BCUT2D eigenvalue weighted by atomic mass is 16.4. The van der Waals surface area contributed by atoms with Gasteiger partial charge >= 0.3 is 5.97 Å². The van der Waals surface area contributed by atoms with Gasteiger partial charge in [-0.15, -0.1) is 0 Å². The van der Waals surface area contributed by atoms with Crippen LogP contribution in [0.25, 0.3) is 11.0 Å². The number of hydrogen-bond acceptors (Lipinski definition) is 2. The minimum atomic E-state index is -0.874. The Morgan fingerprint density at radius 1 is 1.40 bits per heavy atom. The van der Waals surface area contributed by atoms with Crippen molar-refractivity contribution in [3.8, 4) is 0 Å². The highest BCUT2D eigenvalue weighted by Crippen LogP contribution is 2.36. The first-order chi connectivity index (χ1) is 9.58. The Morgan fingerprint density at radius 3 is 2.90 bits per heavy atom. The van der Waals surface area contributed by atoms with Gasteiger partial charge in [0.2, 0.25) is 0 Å². The number of aryl methyl sites for hydroxylation is 1. The predicted molar refractivity (Wildman–Crippen MR) is 78.1 cm³/mol. The zero-order valence-corrected chi connectivity index (χ0v) is 12.0. The third-order valence-corrected chi connectivity index (χ3v) is 4.39. The van der Waals surface area contributed by atoms with Crippen LogP contribution in [0.2, 0.25) is 0 Å². The number of aromatic nitrogens is 2. The monoisotopic (exact) mass is 272 g/mol. The minimum Gasteiger partial charge on any atom is -0.478 e. The Morgan fingerprint density at radius 2 is 2.20 bits per heavy atom. The number of aromatic carboxylic acids is 1. The van der Waals surface area contributed by atoms with Gasteiger partial charge in [0, 0.05) is 6.04 Å². The van der Waals surface area contributed by atoms with Crippen molar-refractivity contribution in [1.82, 2.24) is 9.55 Å². The van der Waals surface area contributed by atoms with Crippen molar-refractivity contribution in [3.63, 3.8) is 0 Å². The molecule has 4 nitrogen and oxygen atoms in total. The van der Waals surface area contributed by atoms with Gasteiger partial charge in [0.25, 0.3) is 0 Å². The SMILES string of the molecule is Cc1nc2cccc(C(=O)O)c2n1C1CCCC(C)C1.